The minimum Gasteiger partial charge on any atom is -0.480 e. The van der Waals surface area contributed by atoms with Gasteiger partial charge in [-0.15, -0.1) is 11.6 Å². The lowest BCUT2D eigenvalue weighted by molar-refractivity contribution is -0.155. The van der Waals surface area contributed by atoms with Crippen molar-refractivity contribution in [2.75, 3.05) is 12.5 Å². The van der Waals surface area contributed by atoms with E-state index < -0.39 is 52.4 Å². The second kappa shape index (κ2) is 9.71. The summed E-state index contributed by atoms with van der Waals surface area (Å²) < 4.78 is 10.9. The molecule has 2 aliphatic heterocycles. The van der Waals surface area contributed by atoms with E-state index in [0.717, 1.165) is 4.90 Å². The minimum absolute atomic E-state index is 0.0351. The Labute approximate surface area is 225 Å². The van der Waals surface area contributed by atoms with Gasteiger partial charge in [-0.25, -0.2) is 4.79 Å². The number of amides is 5. The van der Waals surface area contributed by atoms with Crippen LogP contribution in [-0.4, -0.2) is 74.4 Å². The predicted octanol–water partition coefficient (Wildman–Crippen LogP) is 2.89. The average Bonchev–Trinajstić information content (AvgIpc) is 3.54. The van der Waals surface area contributed by atoms with Crippen LogP contribution in [0, 0.1) is 17.3 Å². The lowest BCUT2D eigenvalue weighted by Gasteiger charge is -2.38. The highest BCUT2D eigenvalue weighted by molar-refractivity contribution is 6.25. The second-order valence-electron chi connectivity index (χ2n) is 10.9. The minimum atomic E-state index is -1.35. The molecule has 11 heteroatoms. The van der Waals surface area contributed by atoms with E-state index in [4.69, 9.17) is 21.1 Å². The highest BCUT2D eigenvalue weighted by Crippen LogP contribution is 2.54. The molecule has 1 N–H and O–H groups in total. The Hall–Kier alpha value is -3.42. The predicted molar refractivity (Wildman–Crippen MR) is 134 cm³/mol. The Balaban J connectivity index is 1.60. The highest BCUT2D eigenvalue weighted by Gasteiger charge is 2.63. The van der Waals surface area contributed by atoms with Gasteiger partial charge < -0.3 is 14.6 Å². The largest absolute Gasteiger partial charge is 0.480 e. The van der Waals surface area contributed by atoms with Crippen molar-refractivity contribution < 1.29 is 38.6 Å². The topological polar surface area (TPSA) is 131 Å². The number of imide groups is 4. The molecule has 0 aromatic heterocycles. The van der Waals surface area contributed by atoms with Gasteiger partial charge in [0.1, 0.15) is 29.6 Å². The van der Waals surface area contributed by atoms with Gasteiger partial charge in [0.05, 0.1) is 16.5 Å². The number of likely N-dealkylation sites (tertiary alicyclic amines) is 1. The van der Waals surface area contributed by atoms with Crippen molar-refractivity contribution in [3.63, 3.8) is 0 Å². The van der Waals surface area contributed by atoms with Crippen molar-refractivity contribution in [2.24, 2.45) is 5.41 Å². The molecule has 1 saturated carbocycles. The number of hydrogen-bond donors (Lipinski definition) is 1. The van der Waals surface area contributed by atoms with Crippen molar-refractivity contribution >= 4 is 41.3 Å². The molecule has 1 saturated heterocycles. The number of carbonyl (C=O) groups excluding carboxylic acids is 5. The van der Waals surface area contributed by atoms with Crippen LogP contribution in [-0.2, 0) is 14.3 Å². The zero-order valence-electron chi connectivity index (χ0n) is 21.6. The van der Waals surface area contributed by atoms with E-state index in [1.807, 2.05) is 0 Å². The zero-order chi connectivity index (χ0) is 28.0. The van der Waals surface area contributed by atoms with Gasteiger partial charge in [-0.3, -0.25) is 24.1 Å². The quantitative estimate of drug-likeness (QED) is 0.340. The van der Waals surface area contributed by atoms with Crippen LogP contribution in [0.3, 0.4) is 0 Å². The van der Waals surface area contributed by atoms with Gasteiger partial charge in [0, 0.05) is 12.3 Å². The monoisotopic (exact) mass is 544 g/mol. The van der Waals surface area contributed by atoms with E-state index in [9.17, 15) is 29.1 Å². The van der Waals surface area contributed by atoms with Crippen molar-refractivity contribution in [3.8, 4) is 17.6 Å². The van der Waals surface area contributed by atoms with Crippen molar-refractivity contribution in [3.05, 3.63) is 29.3 Å². The van der Waals surface area contributed by atoms with E-state index in [1.165, 1.54) is 25.1 Å². The summed E-state index contributed by atoms with van der Waals surface area (Å²) in [5.41, 5.74) is -3.27. The molecule has 2 atom stereocenters. The summed E-state index contributed by atoms with van der Waals surface area (Å²) in [6.45, 7) is 6.14. The first-order valence-corrected chi connectivity index (χ1v) is 12.8. The molecule has 2 fully saturated rings. The molecule has 1 aromatic rings. The van der Waals surface area contributed by atoms with E-state index >= 15 is 0 Å². The lowest BCUT2D eigenvalue weighted by atomic mass is 9.89. The van der Waals surface area contributed by atoms with Crippen LogP contribution in [0.15, 0.2) is 18.2 Å². The fraction of sp³-hybridized carbons (Fsp3) is 0.519. The van der Waals surface area contributed by atoms with Crippen LogP contribution in [0.2, 0.25) is 0 Å². The maximum atomic E-state index is 13.5. The molecule has 38 heavy (non-hydrogen) atoms. The molecule has 1 spiro atoms. The molecule has 0 radical (unpaired) electrons. The van der Waals surface area contributed by atoms with Crippen molar-refractivity contribution in [1.82, 2.24) is 9.80 Å². The van der Waals surface area contributed by atoms with Crippen molar-refractivity contribution in [2.45, 2.75) is 70.6 Å². The summed E-state index contributed by atoms with van der Waals surface area (Å²) in [6.07, 6.45) is -0.0822. The first-order chi connectivity index (χ1) is 17.7. The van der Waals surface area contributed by atoms with E-state index in [-0.39, 0.29) is 42.2 Å². The van der Waals surface area contributed by atoms with Gasteiger partial charge >= 0.3 is 6.09 Å². The Bertz CT molecular complexity index is 1280. The number of ether oxygens (including phenoxy) is 2. The van der Waals surface area contributed by atoms with Gasteiger partial charge in [0.2, 0.25) is 5.91 Å². The molecule has 2 heterocycles. The van der Waals surface area contributed by atoms with Gasteiger partial charge in [-0.2, -0.15) is 4.90 Å². The number of fused-ring (bicyclic) bond motifs is 1. The highest BCUT2D eigenvalue weighted by atomic mass is 35.5. The third-order valence-electron chi connectivity index (χ3n) is 6.63. The number of carbonyl (C=O) groups is 5. The number of hydrogen-bond acceptors (Lipinski definition) is 8. The Morgan fingerprint density at radius 3 is 2.45 bits per heavy atom. The molecule has 202 valence electrons. The average molecular weight is 545 g/mol. The molecular weight excluding hydrogens is 516 g/mol. The number of piperidine rings is 1. The van der Waals surface area contributed by atoms with Gasteiger partial charge in [0.25, 0.3) is 17.7 Å². The molecule has 4 rings (SSSR count). The number of rotatable bonds is 5. The smallest absolute Gasteiger partial charge is 0.424 e. The number of benzene rings is 1. The fourth-order valence-corrected chi connectivity index (χ4v) is 4.91. The van der Waals surface area contributed by atoms with Crippen LogP contribution < -0.4 is 4.74 Å². The SMILES string of the molecule is CC(O)(C#CCOc1cccc2c1C(=O)N(C1CC3(CC3)C(=O)N(C(=O)OC(C)(C)C)C1=O)C2=O)CCCl. The Morgan fingerprint density at radius 2 is 1.84 bits per heavy atom. The summed E-state index contributed by atoms with van der Waals surface area (Å²) >= 11 is 5.66. The molecule has 0 bridgehead atoms. The number of halogens is 1. The van der Waals surface area contributed by atoms with Crippen LogP contribution in [0.1, 0.15) is 74.1 Å². The Kier molecular flexibility index (Phi) is 7.06. The molecule has 1 aliphatic carbocycles. The molecule has 2 unspecified atom stereocenters. The molecule has 1 aromatic carbocycles. The van der Waals surface area contributed by atoms with Crippen LogP contribution in [0.25, 0.3) is 0 Å². The first kappa shape index (κ1) is 27.6. The molecular formula is C27H29ClN2O8. The molecule has 10 nitrogen and oxygen atoms in total. The summed E-state index contributed by atoms with van der Waals surface area (Å²) in [5.74, 6) is 2.49. The lowest BCUT2D eigenvalue weighted by Crippen LogP contribution is -2.61. The van der Waals surface area contributed by atoms with E-state index in [2.05, 4.69) is 11.8 Å². The maximum absolute atomic E-state index is 13.5. The summed E-state index contributed by atoms with van der Waals surface area (Å²) in [6, 6.07) is 3.11. The number of nitrogens with zero attached hydrogens (tertiary/aromatic N) is 2. The zero-order valence-corrected chi connectivity index (χ0v) is 22.4. The maximum Gasteiger partial charge on any atom is 0.424 e. The van der Waals surface area contributed by atoms with E-state index in [0.29, 0.717) is 17.7 Å². The van der Waals surface area contributed by atoms with Gasteiger partial charge in [-0.05, 0) is 59.1 Å². The van der Waals surface area contributed by atoms with Crippen LogP contribution in [0.5, 0.6) is 5.75 Å². The molecule has 5 amide bonds. The fourth-order valence-electron chi connectivity index (χ4n) is 4.54. The Morgan fingerprint density at radius 1 is 1.16 bits per heavy atom. The van der Waals surface area contributed by atoms with Crippen LogP contribution >= 0.6 is 11.6 Å². The third kappa shape index (κ3) is 5.13. The van der Waals surface area contributed by atoms with Gasteiger partial charge in [0.15, 0.2) is 0 Å². The van der Waals surface area contributed by atoms with Crippen molar-refractivity contribution in [1.29, 1.82) is 0 Å². The first-order valence-electron chi connectivity index (χ1n) is 12.2. The molecule has 3 aliphatic rings. The third-order valence-corrected chi connectivity index (χ3v) is 6.82. The normalized spacial score (nSPS) is 21.6. The number of alkyl halides is 1. The number of aliphatic hydroxyl groups is 1. The van der Waals surface area contributed by atoms with Gasteiger partial charge in [-0.1, -0.05) is 17.9 Å². The van der Waals surface area contributed by atoms with Crippen LogP contribution in [0.4, 0.5) is 4.79 Å². The second-order valence-corrected chi connectivity index (χ2v) is 11.3. The summed E-state index contributed by atoms with van der Waals surface area (Å²) in [7, 11) is 0. The summed E-state index contributed by atoms with van der Waals surface area (Å²) in [4.78, 5) is 67.4. The summed E-state index contributed by atoms with van der Waals surface area (Å²) in [5, 5.41) is 10.1. The standard InChI is InChI=1S/C27H29ClN2O8/c1-25(2,3)38-24(35)30-21(32)17(15-27(10-11-27)23(30)34)29-20(31)16-7-5-8-18(19(16)22(29)33)37-14-6-9-26(4,36)12-13-28/h5,7-8,17,36H,10-15H2,1-4H3. The van der Waals surface area contributed by atoms with E-state index in [1.54, 1.807) is 20.8 Å².